The maximum Gasteiger partial charge on any atom is 0.306 e. The van der Waals surface area contributed by atoms with Gasteiger partial charge in [0.25, 0.3) is 0 Å². The van der Waals surface area contributed by atoms with E-state index in [0.717, 1.165) is 89.9 Å². The summed E-state index contributed by atoms with van der Waals surface area (Å²) in [4.78, 5) is 38.5. The van der Waals surface area contributed by atoms with E-state index in [1.165, 1.54) is 231 Å². The first-order valence-corrected chi connectivity index (χ1v) is 35.6. The molecule has 82 heavy (non-hydrogen) atoms. The molecule has 0 aromatic rings. The summed E-state index contributed by atoms with van der Waals surface area (Å²) >= 11 is 0. The van der Waals surface area contributed by atoms with Crippen molar-refractivity contribution in [3.05, 3.63) is 85.1 Å². The van der Waals surface area contributed by atoms with Crippen LogP contribution in [-0.2, 0) is 28.6 Å². The Morgan fingerprint density at radius 2 is 0.476 bits per heavy atom. The van der Waals surface area contributed by atoms with Crippen molar-refractivity contribution in [1.29, 1.82) is 0 Å². The van der Waals surface area contributed by atoms with Crippen molar-refractivity contribution in [3.63, 3.8) is 0 Å². The number of unbranched alkanes of at least 4 members (excludes halogenated alkanes) is 40. The number of hydrogen-bond donors (Lipinski definition) is 0. The van der Waals surface area contributed by atoms with Crippen LogP contribution in [0.3, 0.4) is 0 Å². The molecular weight excluding hydrogens is 1010 g/mol. The van der Waals surface area contributed by atoms with Gasteiger partial charge >= 0.3 is 17.9 Å². The van der Waals surface area contributed by atoms with Gasteiger partial charge in [0, 0.05) is 19.3 Å². The van der Waals surface area contributed by atoms with Gasteiger partial charge in [0.05, 0.1) is 0 Å². The zero-order valence-corrected chi connectivity index (χ0v) is 54.5. The Bertz CT molecular complexity index is 1550. The summed E-state index contributed by atoms with van der Waals surface area (Å²) in [6, 6.07) is 0. The maximum atomic E-state index is 13.0. The van der Waals surface area contributed by atoms with Crippen molar-refractivity contribution in [1.82, 2.24) is 0 Å². The molecule has 0 saturated heterocycles. The quantitative estimate of drug-likeness (QED) is 0.0261. The van der Waals surface area contributed by atoms with Gasteiger partial charge < -0.3 is 14.2 Å². The van der Waals surface area contributed by atoms with Crippen LogP contribution in [0.5, 0.6) is 0 Å². The summed E-state index contributed by atoms with van der Waals surface area (Å²) in [6.07, 6.45) is 93.1. The number of allylic oxidation sites excluding steroid dienone is 14. The number of rotatable bonds is 65. The number of carbonyl (C=O) groups excluding carboxylic acids is 3. The monoisotopic (exact) mass is 1140 g/mol. The highest BCUT2D eigenvalue weighted by atomic mass is 16.6. The van der Waals surface area contributed by atoms with Crippen molar-refractivity contribution < 1.29 is 28.6 Å². The van der Waals surface area contributed by atoms with Crippen LogP contribution in [0, 0.1) is 0 Å². The number of hydrogen-bond acceptors (Lipinski definition) is 6. The Hall–Kier alpha value is -3.41. The molecule has 0 heterocycles. The average Bonchev–Trinajstić information content (AvgIpc) is 3.47. The smallest absolute Gasteiger partial charge is 0.306 e. The molecule has 6 nitrogen and oxygen atoms in total. The largest absolute Gasteiger partial charge is 0.462 e. The van der Waals surface area contributed by atoms with Gasteiger partial charge in [-0.1, -0.05) is 311 Å². The molecule has 0 aliphatic rings. The van der Waals surface area contributed by atoms with Crippen LogP contribution in [0.4, 0.5) is 0 Å². The summed E-state index contributed by atoms with van der Waals surface area (Å²) in [5.74, 6) is -0.867. The summed E-state index contributed by atoms with van der Waals surface area (Å²) in [6.45, 7) is 6.57. The molecule has 474 valence electrons. The van der Waals surface area contributed by atoms with Crippen molar-refractivity contribution in [3.8, 4) is 0 Å². The van der Waals surface area contributed by atoms with E-state index >= 15 is 0 Å². The van der Waals surface area contributed by atoms with Gasteiger partial charge in [0.2, 0.25) is 0 Å². The average molecular weight is 1140 g/mol. The standard InChI is InChI=1S/C76H134O6/c1-4-7-10-13-16-19-22-25-28-31-34-35-36-37-38-39-40-41-43-45-48-51-54-57-60-63-66-69-75(78)81-72-73(71-80-74(77)68-65-62-59-56-53-50-47-44-33-30-27-24-21-18-15-12-9-6-3)82-76(79)70-67-64-61-58-55-52-49-46-42-32-29-26-23-20-17-14-11-8-5-2/h7,10,16,19,25-26,28-30,33-35,37-38,73H,4-6,8-9,11-15,17-18,20-24,27,31-32,36,39-72H2,1-3H3/b10-7-,19-16-,28-25-,29-26-,33-30-,35-34-,38-37-. The molecule has 0 aromatic heterocycles. The van der Waals surface area contributed by atoms with Crippen LogP contribution in [0.2, 0.25) is 0 Å². The Labute approximate surface area is 509 Å². The zero-order valence-electron chi connectivity index (χ0n) is 54.5. The molecule has 1 atom stereocenters. The molecule has 0 rings (SSSR count). The van der Waals surface area contributed by atoms with Crippen molar-refractivity contribution in [2.45, 2.75) is 367 Å². The number of esters is 3. The van der Waals surface area contributed by atoms with Crippen LogP contribution in [-0.4, -0.2) is 37.2 Å². The summed E-state index contributed by atoms with van der Waals surface area (Å²) in [5, 5.41) is 0. The van der Waals surface area contributed by atoms with E-state index in [-0.39, 0.29) is 31.1 Å². The lowest BCUT2D eigenvalue weighted by molar-refractivity contribution is -0.167. The maximum absolute atomic E-state index is 13.0. The SMILES string of the molecule is CC/C=C\C/C=C\C/C=C\C/C=C\C/C=C\CCCCCCCCCCCCCC(=O)OCC(COC(=O)CCCCCCCCC/C=C\CCCCCCCCC)OC(=O)CCCCCCCCCCC/C=C\CCCCCCCC. The Morgan fingerprint density at radius 3 is 0.756 bits per heavy atom. The molecule has 0 bridgehead atoms. The minimum atomic E-state index is -0.782. The van der Waals surface area contributed by atoms with Crippen LogP contribution >= 0.6 is 0 Å². The van der Waals surface area contributed by atoms with Crippen molar-refractivity contribution in [2.75, 3.05) is 13.2 Å². The summed E-state index contributed by atoms with van der Waals surface area (Å²) in [7, 11) is 0. The molecule has 0 N–H and O–H groups in total. The topological polar surface area (TPSA) is 78.9 Å². The molecule has 1 unspecified atom stereocenters. The Morgan fingerprint density at radius 1 is 0.256 bits per heavy atom. The molecule has 0 spiro atoms. The first-order valence-electron chi connectivity index (χ1n) is 35.6. The third-order valence-corrected chi connectivity index (χ3v) is 15.6. The van der Waals surface area contributed by atoms with E-state index in [0.29, 0.717) is 19.3 Å². The minimum absolute atomic E-state index is 0.0774. The van der Waals surface area contributed by atoms with E-state index in [1.807, 2.05) is 0 Å². The normalized spacial score (nSPS) is 12.6. The Kier molecular flexibility index (Phi) is 67.2. The Balaban J connectivity index is 4.34. The highest BCUT2D eigenvalue weighted by Gasteiger charge is 2.19. The van der Waals surface area contributed by atoms with Gasteiger partial charge in [-0.15, -0.1) is 0 Å². The zero-order chi connectivity index (χ0) is 59.2. The van der Waals surface area contributed by atoms with E-state index in [2.05, 4.69) is 106 Å². The van der Waals surface area contributed by atoms with Gasteiger partial charge in [-0.2, -0.15) is 0 Å². The molecule has 0 fully saturated rings. The van der Waals surface area contributed by atoms with E-state index in [1.54, 1.807) is 0 Å². The lowest BCUT2D eigenvalue weighted by Crippen LogP contribution is -2.30. The lowest BCUT2D eigenvalue weighted by Gasteiger charge is -2.18. The number of ether oxygens (including phenoxy) is 3. The second kappa shape index (κ2) is 70.1. The molecule has 6 heteroatoms. The highest BCUT2D eigenvalue weighted by molar-refractivity contribution is 5.71. The van der Waals surface area contributed by atoms with Crippen molar-refractivity contribution in [2.24, 2.45) is 0 Å². The second-order valence-corrected chi connectivity index (χ2v) is 23.8. The first-order chi connectivity index (χ1) is 40.5. The van der Waals surface area contributed by atoms with Crippen LogP contribution in [0.15, 0.2) is 85.1 Å². The molecule has 0 aromatic carbocycles. The lowest BCUT2D eigenvalue weighted by atomic mass is 10.0. The fraction of sp³-hybridized carbons (Fsp3) is 0.776. The molecule has 0 amide bonds. The van der Waals surface area contributed by atoms with E-state index in [4.69, 9.17) is 14.2 Å². The van der Waals surface area contributed by atoms with Gasteiger partial charge in [-0.25, -0.2) is 0 Å². The third-order valence-electron chi connectivity index (χ3n) is 15.6. The van der Waals surface area contributed by atoms with E-state index < -0.39 is 6.10 Å². The fourth-order valence-corrected chi connectivity index (χ4v) is 10.3. The molecule has 0 aliphatic heterocycles. The summed E-state index contributed by atoms with van der Waals surface area (Å²) in [5.41, 5.74) is 0. The van der Waals surface area contributed by atoms with Crippen LogP contribution < -0.4 is 0 Å². The van der Waals surface area contributed by atoms with Gasteiger partial charge in [-0.05, 0) is 116 Å². The molecule has 0 aliphatic carbocycles. The minimum Gasteiger partial charge on any atom is -0.462 e. The van der Waals surface area contributed by atoms with E-state index in [9.17, 15) is 14.4 Å². The van der Waals surface area contributed by atoms with Gasteiger partial charge in [-0.3, -0.25) is 14.4 Å². The van der Waals surface area contributed by atoms with Gasteiger partial charge in [0.1, 0.15) is 13.2 Å². The fourth-order valence-electron chi connectivity index (χ4n) is 10.3. The molecular formula is C76H134O6. The third kappa shape index (κ3) is 67.4. The first kappa shape index (κ1) is 78.6. The molecule has 0 radical (unpaired) electrons. The van der Waals surface area contributed by atoms with Crippen molar-refractivity contribution >= 4 is 17.9 Å². The van der Waals surface area contributed by atoms with Gasteiger partial charge in [0.15, 0.2) is 6.10 Å². The number of carbonyl (C=O) groups is 3. The molecule has 0 saturated carbocycles. The predicted molar refractivity (Wildman–Crippen MR) is 358 cm³/mol. The summed E-state index contributed by atoms with van der Waals surface area (Å²) < 4.78 is 17.0. The highest BCUT2D eigenvalue weighted by Crippen LogP contribution is 2.17. The van der Waals surface area contributed by atoms with Crippen LogP contribution in [0.1, 0.15) is 361 Å². The predicted octanol–water partition coefficient (Wildman–Crippen LogP) is 24.6. The van der Waals surface area contributed by atoms with Crippen LogP contribution in [0.25, 0.3) is 0 Å². The second-order valence-electron chi connectivity index (χ2n) is 23.8.